The van der Waals surface area contributed by atoms with Crippen molar-refractivity contribution in [2.45, 2.75) is 51.2 Å². The first-order valence-electron chi connectivity index (χ1n) is 6.79. The molecule has 0 aromatic carbocycles. The lowest BCUT2D eigenvalue weighted by atomic mass is 9.82. The van der Waals surface area contributed by atoms with Crippen LogP contribution in [-0.4, -0.2) is 48.7 Å². The van der Waals surface area contributed by atoms with Crippen LogP contribution in [0.25, 0.3) is 0 Å². The van der Waals surface area contributed by atoms with Gasteiger partial charge in [0.05, 0.1) is 5.60 Å². The summed E-state index contributed by atoms with van der Waals surface area (Å²) >= 11 is 0. The molecule has 0 saturated carbocycles. The van der Waals surface area contributed by atoms with Crippen molar-refractivity contribution >= 4 is 5.91 Å². The highest BCUT2D eigenvalue weighted by molar-refractivity contribution is 5.73. The molecule has 0 aromatic rings. The van der Waals surface area contributed by atoms with Gasteiger partial charge in [0.25, 0.3) is 0 Å². The first kappa shape index (κ1) is 12.8. The molecule has 4 heteroatoms. The molecule has 1 atom stereocenters. The Morgan fingerprint density at radius 3 is 2.76 bits per heavy atom. The van der Waals surface area contributed by atoms with E-state index in [1.54, 1.807) is 6.92 Å². The van der Waals surface area contributed by atoms with Gasteiger partial charge in [-0.25, -0.2) is 0 Å². The van der Waals surface area contributed by atoms with Crippen LogP contribution in [0.15, 0.2) is 0 Å². The monoisotopic (exact) mass is 240 g/mol. The summed E-state index contributed by atoms with van der Waals surface area (Å²) in [7, 11) is 0. The molecule has 1 N–H and O–H groups in total. The number of rotatable bonds is 2. The normalized spacial score (nSPS) is 28.0. The van der Waals surface area contributed by atoms with Crippen molar-refractivity contribution in [2.24, 2.45) is 0 Å². The fourth-order valence-electron chi connectivity index (χ4n) is 3.24. The summed E-state index contributed by atoms with van der Waals surface area (Å²) in [4.78, 5) is 13.6. The Hall–Kier alpha value is -0.610. The quantitative estimate of drug-likeness (QED) is 0.787. The first-order valence-corrected chi connectivity index (χ1v) is 6.79. The van der Waals surface area contributed by atoms with E-state index in [0.717, 1.165) is 51.9 Å². The number of ether oxygens (including phenoxy) is 1. The molecule has 0 unspecified atom stereocenters. The average molecular weight is 240 g/mol. The Kier molecular flexibility index (Phi) is 4.05. The van der Waals surface area contributed by atoms with Crippen molar-refractivity contribution in [2.75, 3.05) is 26.2 Å². The zero-order valence-electron chi connectivity index (χ0n) is 11.0. The molecule has 2 rings (SSSR count). The minimum Gasteiger partial charge on any atom is -0.375 e. The molecule has 0 bridgehead atoms. The molecule has 0 aromatic heterocycles. The summed E-state index contributed by atoms with van der Waals surface area (Å²) < 4.78 is 6.03. The third-order valence-corrected chi connectivity index (χ3v) is 4.17. The van der Waals surface area contributed by atoms with E-state index >= 15 is 0 Å². The Morgan fingerprint density at radius 1 is 1.47 bits per heavy atom. The summed E-state index contributed by atoms with van der Waals surface area (Å²) in [6, 6.07) is 0.379. The maximum Gasteiger partial charge on any atom is 0.219 e. The number of hydrogen-bond donors (Lipinski definition) is 1. The molecule has 1 amide bonds. The largest absolute Gasteiger partial charge is 0.375 e. The molecule has 2 fully saturated rings. The molecule has 0 aliphatic carbocycles. The SMILES string of the molecule is CCN(C(C)=O)[C@@H]1CCOC2(CCNCC2)C1. The van der Waals surface area contributed by atoms with Crippen LogP contribution < -0.4 is 5.32 Å². The lowest BCUT2D eigenvalue weighted by Gasteiger charge is -2.46. The van der Waals surface area contributed by atoms with Gasteiger partial charge in [-0.2, -0.15) is 0 Å². The maximum atomic E-state index is 11.6. The smallest absolute Gasteiger partial charge is 0.219 e. The van der Waals surface area contributed by atoms with Crippen molar-refractivity contribution in [1.82, 2.24) is 10.2 Å². The summed E-state index contributed by atoms with van der Waals surface area (Å²) in [5.74, 6) is 0.198. The number of carbonyl (C=O) groups excluding carboxylic acids is 1. The Balaban J connectivity index is 2.02. The second kappa shape index (κ2) is 5.36. The predicted molar refractivity (Wildman–Crippen MR) is 66.9 cm³/mol. The van der Waals surface area contributed by atoms with E-state index in [-0.39, 0.29) is 11.5 Å². The van der Waals surface area contributed by atoms with E-state index in [2.05, 4.69) is 12.2 Å². The highest BCUT2D eigenvalue weighted by atomic mass is 16.5. The topological polar surface area (TPSA) is 41.6 Å². The molecule has 2 heterocycles. The van der Waals surface area contributed by atoms with Crippen molar-refractivity contribution in [3.8, 4) is 0 Å². The molecule has 98 valence electrons. The molecule has 2 saturated heterocycles. The van der Waals surface area contributed by atoms with Gasteiger partial charge >= 0.3 is 0 Å². The lowest BCUT2D eigenvalue weighted by molar-refractivity contribution is -0.144. The summed E-state index contributed by atoms with van der Waals surface area (Å²) in [5.41, 5.74) is 0.0387. The number of amides is 1. The van der Waals surface area contributed by atoms with Crippen LogP contribution in [0.1, 0.15) is 39.5 Å². The van der Waals surface area contributed by atoms with Crippen LogP contribution in [-0.2, 0) is 9.53 Å². The van der Waals surface area contributed by atoms with Crippen LogP contribution in [0.3, 0.4) is 0 Å². The van der Waals surface area contributed by atoms with Crippen molar-refractivity contribution in [3.63, 3.8) is 0 Å². The van der Waals surface area contributed by atoms with Gasteiger partial charge in [0.1, 0.15) is 0 Å². The zero-order chi connectivity index (χ0) is 12.3. The van der Waals surface area contributed by atoms with Gasteiger partial charge in [0, 0.05) is 26.1 Å². The number of hydrogen-bond acceptors (Lipinski definition) is 3. The van der Waals surface area contributed by atoms with Gasteiger partial charge < -0.3 is 15.0 Å². The van der Waals surface area contributed by atoms with Gasteiger partial charge in [-0.1, -0.05) is 0 Å². The molecule has 4 nitrogen and oxygen atoms in total. The van der Waals surface area contributed by atoms with Crippen LogP contribution in [0.4, 0.5) is 0 Å². The highest BCUT2D eigenvalue weighted by Gasteiger charge is 2.40. The predicted octanol–water partition coefficient (Wildman–Crippen LogP) is 1.16. The Morgan fingerprint density at radius 2 is 2.18 bits per heavy atom. The van der Waals surface area contributed by atoms with Crippen LogP contribution in [0, 0.1) is 0 Å². The molecule has 1 spiro atoms. The molecule has 2 aliphatic rings. The minimum absolute atomic E-state index is 0.0387. The highest BCUT2D eigenvalue weighted by Crippen LogP contribution is 2.34. The van der Waals surface area contributed by atoms with E-state index in [0.29, 0.717) is 6.04 Å². The van der Waals surface area contributed by atoms with Gasteiger partial charge in [-0.3, -0.25) is 4.79 Å². The van der Waals surface area contributed by atoms with Gasteiger partial charge in [-0.15, -0.1) is 0 Å². The van der Waals surface area contributed by atoms with E-state index in [1.165, 1.54) is 0 Å². The number of piperidine rings is 1. The molecule has 0 radical (unpaired) electrons. The third-order valence-electron chi connectivity index (χ3n) is 4.17. The lowest BCUT2D eigenvalue weighted by Crippen LogP contribution is -2.53. The van der Waals surface area contributed by atoms with E-state index in [1.807, 2.05) is 4.90 Å². The van der Waals surface area contributed by atoms with Crippen LogP contribution in [0.2, 0.25) is 0 Å². The summed E-state index contributed by atoms with van der Waals surface area (Å²) in [6.07, 6.45) is 4.17. The van der Waals surface area contributed by atoms with E-state index < -0.39 is 0 Å². The number of carbonyl (C=O) groups is 1. The average Bonchev–Trinajstić information content (AvgIpc) is 2.30. The van der Waals surface area contributed by atoms with Crippen LogP contribution in [0.5, 0.6) is 0 Å². The third kappa shape index (κ3) is 2.80. The van der Waals surface area contributed by atoms with Gasteiger partial charge in [0.15, 0.2) is 0 Å². The van der Waals surface area contributed by atoms with Crippen molar-refractivity contribution in [3.05, 3.63) is 0 Å². The van der Waals surface area contributed by atoms with E-state index in [4.69, 9.17) is 4.74 Å². The standard InChI is InChI=1S/C13H24N2O2/c1-3-15(11(2)16)12-4-9-17-13(10-12)5-7-14-8-6-13/h12,14H,3-10H2,1-2H3/t12-/m1/s1. The number of nitrogens with one attached hydrogen (secondary N) is 1. The Bertz CT molecular complexity index is 269. The fourth-order valence-corrected chi connectivity index (χ4v) is 3.24. The van der Waals surface area contributed by atoms with Gasteiger partial charge in [-0.05, 0) is 45.7 Å². The summed E-state index contributed by atoms with van der Waals surface area (Å²) in [5, 5.41) is 3.38. The van der Waals surface area contributed by atoms with Gasteiger partial charge in [0.2, 0.25) is 5.91 Å². The molecular formula is C13H24N2O2. The van der Waals surface area contributed by atoms with Crippen LogP contribution >= 0.6 is 0 Å². The fraction of sp³-hybridized carbons (Fsp3) is 0.923. The first-order chi connectivity index (χ1) is 8.17. The van der Waals surface area contributed by atoms with Crippen molar-refractivity contribution < 1.29 is 9.53 Å². The van der Waals surface area contributed by atoms with E-state index in [9.17, 15) is 4.79 Å². The minimum atomic E-state index is 0.0387. The zero-order valence-corrected chi connectivity index (χ0v) is 11.0. The summed E-state index contributed by atoms with van der Waals surface area (Å²) in [6.45, 7) is 7.43. The second-order valence-electron chi connectivity index (χ2n) is 5.23. The molecular weight excluding hydrogens is 216 g/mol. The number of nitrogens with zero attached hydrogens (tertiary/aromatic N) is 1. The molecule has 17 heavy (non-hydrogen) atoms. The van der Waals surface area contributed by atoms with Crippen molar-refractivity contribution in [1.29, 1.82) is 0 Å². The second-order valence-corrected chi connectivity index (χ2v) is 5.23. The maximum absolute atomic E-state index is 11.6. The molecule has 2 aliphatic heterocycles. The Labute approximate surface area is 104 Å².